The predicted molar refractivity (Wildman–Crippen MR) is 119 cm³/mol. The normalized spacial score (nSPS) is 10.5. The van der Waals surface area contributed by atoms with E-state index >= 15 is 0 Å². The first-order valence-electron chi connectivity index (χ1n) is 9.14. The van der Waals surface area contributed by atoms with Crippen LogP contribution in [0.2, 0.25) is 0 Å². The molecule has 0 heterocycles. The van der Waals surface area contributed by atoms with Gasteiger partial charge in [-0.2, -0.15) is 5.10 Å². The number of methoxy groups -OCH3 is 1. The molecule has 0 saturated carbocycles. The van der Waals surface area contributed by atoms with Gasteiger partial charge in [0, 0.05) is 12.1 Å². The van der Waals surface area contributed by atoms with Crippen molar-refractivity contribution < 1.29 is 9.47 Å². The Morgan fingerprint density at radius 2 is 2.00 bits per heavy atom. The predicted octanol–water partition coefficient (Wildman–Crippen LogP) is 4.13. The molecule has 0 aromatic heterocycles. The van der Waals surface area contributed by atoms with Gasteiger partial charge in [-0.3, -0.25) is 5.43 Å². The zero-order valence-corrected chi connectivity index (χ0v) is 17.4. The number of hydrogen-bond acceptors (Lipinski definition) is 4. The molecule has 0 aliphatic heterocycles. The summed E-state index contributed by atoms with van der Waals surface area (Å²) in [5.74, 6) is 1.37. The van der Waals surface area contributed by atoms with Crippen LogP contribution in [0.3, 0.4) is 0 Å². The van der Waals surface area contributed by atoms with E-state index in [2.05, 4.69) is 53.6 Å². The lowest BCUT2D eigenvalue weighted by atomic mass is 10.1. The number of hydrogen-bond donors (Lipinski definition) is 2. The molecule has 148 valence electrons. The molecule has 0 aliphatic rings. The highest BCUT2D eigenvalue weighted by Gasteiger charge is 2.12. The van der Waals surface area contributed by atoms with Crippen molar-refractivity contribution in [1.29, 1.82) is 0 Å². The van der Waals surface area contributed by atoms with Crippen LogP contribution in [0.4, 0.5) is 0 Å². The fraction of sp³-hybridized carbons (Fsp3) is 0.273. The van der Waals surface area contributed by atoms with Crippen molar-refractivity contribution >= 4 is 23.5 Å². The van der Waals surface area contributed by atoms with E-state index in [-0.39, 0.29) is 0 Å². The van der Waals surface area contributed by atoms with E-state index in [0.29, 0.717) is 23.9 Å². The van der Waals surface area contributed by atoms with Crippen LogP contribution in [0.15, 0.2) is 54.2 Å². The molecule has 6 heteroatoms. The third-order valence-corrected chi connectivity index (χ3v) is 4.19. The lowest BCUT2D eigenvalue weighted by Crippen LogP contribution is -2.31. The van der Waals surface area contributed by atoms with Gasteiger partial charge in [-0.25, -0.2) is 0 Å². The molecule has 0 bridgehead atoms. The minimum absolute atomic E-state index is 0.465. The van der Waals surface area contributed by atoms with Crippen LogP contribution in [0, 0.1) is 6.92 Å². The van der Waals surface area contributed by atoms with Crippen molar-refractivity contribution in [3.8, 4) is 11.5 Å². The fourth-order valence-electron chi connectivity index (χ4n) is 2.59. The molecule has 0 radical (unpaired) electrons. The summed E-state index contributed by atoms with van der Waals surface area (Å²) in [6.07, 6.45) is 4.19. The average Bonchev–Trinajstić information content (AvgIpc) is 2.68. The first kappa shape index (κ1) is 21.4. The molecule has 2 rings (SSSR count). The largest absolute Gasteiger partial charge is 0.493 e. The van der Waals surface area contributed by atoms with E-state index in [9.17, 15) is 0 Å². The van der Waals surface area contributed by atoms with Gasteiger partial charge in [0.25, 0.3) is 0 Å². The Balaban J connectivity index is 2.21. The summed E-state index contributed by atoms with van der Waals surface area (Å²) in [4.78, 5) is 0. The second-order valence-electron chi connectivity index (χ2n) is 6.21. The maximum atomic E-state index is 6.10. The molecule has 2 N–H and O–H groups in total. The zero-order valence-electron chi connectivity index (χ0n) is 16.6. The summed E-state index contributed by atoms with van der Waals surface area (Å²) in [5, 5.41) is 7.63. The fourth-order valence-corrected chi connectivity index (χ4v) is 2.78. The van der Waals surface area contributed by atoms with Gasteiger partial charge in [-0.15, -0.1) is 6.58 Å². The van der Waals surface area contributed by atoms with Gasteiger partial charge < -0.3 is 14.8 Å². The van der Waals surface area contributed by atoms with E-state index in [0.717, 1.165) is 29.0 Å². The highest BCUT2D eigenvalue weighted by atomic mass is 32.1. The number of aryl methyl sites for hydroxylation is 1. The summed E-state index contributed by atoms with van der Waals surface area (Å²) in [6.45, 7) is 9.09. The van der Waals surface area contributed by atoms with Gasteiger partial charge in [0.1, 0.15) is 6.61 Å². The van der Waals surface area contributed by atoms with Crippen LogP contribution in [0.25, 0.3) is 0 Å². The first-order chi connectivity index (χ1) is 13.6. The molecule has 0 unspecified atom stereocenters. The molecule has 5 nitrogen and oxygen atoms in total. The minimum atomic E-state index is 0.465. The van der Waals surface area contributed by atoms with Crippen LogP contribution in [0.5, 0.6) is 11.5 Å². The lowest BCUT2D eigenvalue weighted by Gasteiger charge is -2.16. The quantitative estimate of drug-likeness (QED) is 0.288. The third-order valence-electron chi connectivity index (χ3n) is 3.96. The van der Waals surface area contributed by atoms with Crippen LogP contribution in [-0.2, 0) is 13.0 Å². The lowest BCUT2D eigenvalue weighted by molar-refractivity contribution is 0.282. The number of benzene rings is 2. The van der Waals surface area contributed by atoms with Gasteiger partial charge in [-0.1, -0.05) is 35.9 Å². The molecule has 2 aromatic rings. The van der Waals surface area contributed by atoms with E-state index < -0.39 is 0 Å². The molecule has 0 saturated heterocycles. The maximum absolute atomic E-state index is 6.10. The highest BCUT2D eigenvalue weighted by molar-refractivity contribution is 7.80. The van der Waals surface area contributed by atoms with Crippen LogP contribution >= 0.6 is 12.2 Å². The van der Waals surface area contributed by atoms with E-state index in [1.807, 2.05) is 25.1 Å². The summed E-state index contributed by atoms with van der Waals surface area (Å²) in [5.41, 5.74) is 6.97. The second kappa shape index (κ2) is 11.1. The number of nitrogens with zero attached hydrogens (tertiary/aromatic N) is 1. The molecule has 0 aliphatic carbocycles. The van der Waals surface area contributed by atoms with Gasteiger partial charge >= 0.3 is 0 Å². The van der Waals surface area contributed by atoms with Crippen molar-refractivity contribution in [3.05, 3.63) is 71.3 Å². The number of allylic oxidation sites excluding steroid dienone is 1. The molecule has 0 atom stereocenters. The van der Waals surface area contributed by atoms with E-state index in [1.54, 1.807) is 13.3 Å². The van der Waals surface area contributed by atoms with E-state index in [1.165, 1.54) is 5.56 Å². The van der Waals surface area contributed by atoms with Gasteiger partial charge in [0.15, 0.2) is 16.6 Å². The van der Waals surface area contributed by atoms with Crippen LogP contribution < -0.4 is 20.2 Å². The zero-order chi connectivity index (χ0) is 20.4. The number of rotatable bonds is 9. The third kappa shape index (κ3) is 6.39. The topological polar surface area (TPSA) is 54.9 Å². The Morgan fingerprint density at radius 3 is 2.64 bits per heavy atom. The first-order valence-corrected chi connectivity index (χ1v) is 9.55. The molecule has 0 amide bonds. The van der Waals surface area contributed by atoms with Crippen molar-refractivity contribution in [1.82, 2.24) is 10.7 Å². The summed E-state index contributed by atoms with van der Waals surface area (Å²) in [6, 6.07) is 12.2. The molecule has 28 heavy (non-hydrogen) atoms. The SMILES string of the molecule is C=CCc1cc(/C=N\NC(=S)NCC)cc(OC)c1OCc1ccc(C)cc1. The summed E-state index contributed by atoms with van der Waals surface area (Å²) < 4.78 is 11.7. The number of thiocarbonyl (C=S) groups is 1. The smallest absolute Gasteiger partial charge is 0.186 e. The maximum Gasteiger partial charge on any atom is 0.186 e. The molecule has 0 fully saturated rings. The Bertz CT molecular complexity index is 832. The number of hydrazone groups is 1. The van der Waals surface area contributed by atoms with Gasteiger partial charge in [0.2, 0.25) is 0 Å². The van der Waals surface area contributed by atoms with Crippen LogP contribution in [-0.4, -0.2) is 25.0 Å². The minimum Gasteiger partial charge on any atom is -0.493 e. The molecular weight excluding hydrogens is 370 g/mol. The Morgan fingerprint density at radius 1 is 1.25 bits per heavy atom. The Labute approximate surface area is 172 Å². The van der Waals surface area contributed by atoms with E-state index in [4.69, 9.17) is 21.7 Å². The van der Waals surface area contributed by atoms with Gasteiger partial charge in [-0.05, 0) is 55.7 Å². The summed E-state index contributed by atoms with van der Waals surface area (Å²) in [7, 11) is 1.63. The molecule has 2 aromatic carbocycles. The summed E-state index contributed by atoms with van der Waals surface area (Å²) >= 11 is 5.10. The monoisotopic (exact) mass is 397 g/mol. The van der Waals surface area contributed by atoms with Crippen molar-refractivity contribution in [2.45, 2.75) is 26.9 Å². The number of nitrogens with one attached hydrogen (secondary N) is 2. The van der Waals surface area contributed by atoms with Crippen molar-refractivity contribution in [2.75, 3.05) is 13.7 Å². The van der Waals surface area contributed by atoms with Crippen LogP contribution in [0.1, 0.15) is 29.2 Å². The van der Waals surface area contributed by atoms with Crippen molar-refractivity contribution in [2.24, 2.45) is 5.10 Å². The molecule has 0 spiro atoms. The highest BCUT2D eigenvalue weighted by Crippen LogP contribution is 2.34. The number of ether oxygens (including phenoxy) is 2. The Kier molecular flexibility index (Phi) is 8.49. The van der Waals surface area contributed by atoms with Gasteiger partial charge in [0.05, 0.1) is 13.3 Å². The second-order valence-corrected chi connectivity index (χ2v) is 6.62. The average molecular weight is 398 g/mol. The Hall–Kier alpha value is -2.86. The molecular formula is C22H27N3O2S. The standard InChI is InChI=1S/C22H27N3O2S/c1-5-7-19-12-18(14-24-25-22(28)23-6-2)13-20(26-4)21(19)27-15-17-10-8-16(3)9-11-17/h5,8-14H,1,6-7,15H2,2-4H3,(H2,23,25,28)/b24-14-. The van der Waals surface area contributed by atoms with Crippen molar-refractivity contribution in [3.63, 3.8) is 0 Å².